The van der Waals surface area contributed by atoms with E-state index in [-0.39, 0.29) is 6.04 Å². The molecular formula is C12H13Cl2N3. The van der Waals surface area contributed by atoms with Crippen LogP contribution in [0.1, 0.15) is 18.0 Å². The minimum Gasteiger partial charge on any atom is -0.316 e. The first kappa shape index (κ1) is 11.3. The van der Waals surface area contributed by atoms with Crippen LogP contribution in [0.25, 0.3) is 0 Å². The number of piperidine rings is 1. The van der Waals surface area contributed by atoms with Gasteiger partial charge in [-0.1, -0.05) is 29.3 Å². The van der Waals surface area contributed by atoms with Gasteiger partial charge >= 0.3 is 0 Å². The van der Waals surface area contributed by atoms with Gasteiger partial charge in [0.25, 0.3) is 0 Å². The first-order chi connectivity index (χ1) is 8.25. The Morgan fingerprint density at radius 2 is 2.12 bits per heavy atom. The summed E-state index contributed by atoms with van der Waals surface area (Å²) in [5.41, 5.74) is 5.62. The first-order valence-corrected chi connectivity index (χ1v) is 6.49. The Morgan fingerprint density at radius 3 is 2.94 bits per heavy atom. The largest absolute Gasteiger partial charge is 0.316 e. The van der Waals surface area contributed by atoms with Crippen LogP contribution in [0.4, 0.5) is 0 Å². The van der Waals surface area contributed by atoms with Crippen molar-refractivity contribution in [2.24, 2.45) is 11.0 Å². The second-order valence-corrected chi connectivity index (χ2v) is 5.26. The van der Waals surface area contributed by atoms with Crippen molar-refractivity contribution in [3.05, 3.63) is 33.8 Å². The molecule has 2 aliphatic heterocycles. The molecule has 1 fully saturated rings. The van der Waals surface area contributed by atoms with Gasteiger partial charge in [-0.3, -0.25) is 0 Å². The maximum Gasteiger partial charge on any atom is 0.0783 e. The van der Waals surface area contributed by atoms with Gasteiger partial charge in [0.05, 0.1) is 16.1 Å². The number of rotatable bonds is 1. The molecule has 3 rings (SSSR count). The lowest BCUT2D eigenvalue weighted by Gasteiger charge is -2.25. The maximum absolute atomic E-state index is 6.05. The summed E-state index contributed by atoms with van der Waals surface area (Å²) in [4.78, 5) is 0. The van der Waals surface area contributed by atoms with E-state index in [1.165, 1.54) is 5.71 Å². The van der Waals surface area contributed by atoms with Crippen molar-refractivity contribution in [3.63, 3.8) is 0 Å². The van der Waals surface area contributed by atoms with E-state index in [4.69, 9.17) is 23.2 Å². The van der Waals surface area contributed by atoms with Crippen LogP contribution in [-0.2, 0) is 0 Å². The number of fused-ring (bicyclic) bond motifs is 1. The molecule has 0 bridgehead atoms. The molecule has 0 radical (unpaired) electrons. The molecule has 1 saturated heterocycles. The molecule has 0 saturated carbocycles. The molecule has 17 heavy (non-hydrogen) atoms. The minimum atomic E-state index is 0.215. The van der Waals surface area contributed by atoms with Gasteiger partial charge in [-0.25, -0.2) is 0 Å². The second-order valence-electron chi connectivity index (χ2n) is 4.44. The normalized spacial score (nSPS) is 27.3. The van der Waals surface area contributed by atoms with Crippen LogP contribution in [0.2, 0.25) is 10.0 Å². The van der Waals surface area contributed by atoms with E-state index in [1.54, 1.807) is 0 Å². The van der Waals surface area contributed by atoms with Crippen LogP contribution in [-0.4, -0.2) is 18.8 Å². The number of hydrogen-bond donors (Lipinski definition) is 2. The van der Waals surface area contributed by atoms with Crippen LogP contribution >= 0.6 is 23.2 Å². The van der Waals surface area contributed by atoms with E-state index in [9.17, 15) is 0 Å². The lowest BCUT2D eigenvalue weighted by atomic mass is 9.87. The molecule has 2 aliphatic rings. The molecule has 1 aromatic rings. The summed E-state index contributed by atoms with van der Waals surface area (Å²) in [6.45, 7) is 1.99. The Balaban J connectivity index is 1.88. The number of benzene rings is 1. The summed E-state index contributed by atoms with van der Waals surface area (Å²) < 4.78 is 0. The van der Waals surface area contributed by atoms with Crippen molar-refractivity contribution >= 4 is 28.9 Å². The lowest BCUT2D eigenvalue weighted by molar-refractivity contribution is 0.451. The first-order valence-electron chi connectivity index (χ1n) is 5.73. The van der Waals surface area contributed by atoms with Crippen molar-refractivity contribution in [1.29, 1.82) is 0 Å². The molecule has 5 heteroatoms. The van der Waals surface area contributed by atoms with E-state index in [0.717, 1.165) is 25.1 Å². The fourth-order valence-corrected chi connectivity index (χ4v) is 2.79. The van der Waals surface area contributed by atoms with E-state index >= 15 is 0 Å². The quantitative estimate of drug-likeness (QED) is 0.823. The van der Waals surface area contributed by atoms with Crippen molar-refractivity contribution in [2.45, 2.75) is 12.5 Å². The van der Waals surface area contributed by atoms with Crippen molar-refractivity contribution in [1.82, 2.24) is 10.7 Å². The summed E-state index contributed by atoms with van der Waals surface area (Å²) in [7, 11) is 0. The number of hydrogen-bond acceptors (Lipinski definition) is 3. The third kappa shape index (κ3) is 2.03. The fraction of sp³-hybridized carbons (Fsp3) is 0.417. The number of nitrogens with zero attached hydrogens (tertiary/aromatic N) is 1. The molecular weight excluding hydrogens is 257 g/mol. The zero-order chi connectivity index (χ0) is 11.8. The van der Waals surface area contributed by atoms with Gasteiger partial charge in [-0.2, -0.15) is 5.10 Å². The average molecular weight is 270 g/mol. The van der Waals surface area contributed by atoms with Crippen LogP contribution in [0, 0.1) is 5.92 Å². The van der Waals surface area contributed by atoms with Crippen LogP contribution in [0.3, 0.4) is 0 Å². The molecule has 2 atom stereocenters. The van der Waals surface area contributed by atoms with Gasteiger partial charge in [0.1, 0.15) is 0 Å². The van der Waals surface area contributed by atoms with Gasteiger partial charge < -0.3 is 10.7 Å². The molecule has 0 aromatic heterocycles. The molecule has 0 amide bonds. The maximum atomic E-state index is 6.05. The Hall–Kier alpha value is -0.770. The van der Waals surface area contributed by atoms with Crippen molar-refractivity contribution in [2.75, 3.05) is 13.1 Å². The van der Waals surface area contributed by atoms with Gasteiger partial charge in [0, 0.05) is 31.1 Å². The van der Waals surface area contributed by atoms with Crippen LogP contribution < -0.4 is 10.7 Å². The SMILES string of the molecule is Clc1ccc(C2NN=C3CCNCC32)cc1Cl. The molecule has 0 spiro atoms. The van der Waals surface area contributed by atoms with Gasteiger partial charge in [0.2, 0.25) is 0 Å². The Labute approximate surface area is 110 Å². The molecule has 3 nitrogen and oxygen atoms in total. The third-order valence-electron chi connectivity index (χ3n) is 3.40. The Bertz CT molecular complexity index is 473. The zero-order valence-corrected chi connectivity index (χ0v) is 10.7. The highest BCUT2D eigenvalue weighted by Crippen LogP contribution is 2.33. The molecule has 2 N–H and O–H groups in total. The highest BCUT2D eigenvalue weighted by atomic mass is 35.5. The highest BCUT2D eigenvalue weighted by molar-refractivity contribution is 6.42. The summed E-state index contributed by atoms with van der Waals surface area (Å²) in [5.74, 6) is 0.431. The zero-order valence-electron chi connectivity index (χ0n) is 9.21. The van der Waals surface area contributed by atoms with Gasteiger partial charge in [-0.15, -0.1) is 0 Å². The number of nitrogens with one attached hydrogen (secondary N) is 2. The van der Waals surface area contributed by atoms with E-state index in [1.807, 2.05) is 18.2 Å². The Kier molecular flexibility index (Phi) is 2.99. The van der Waals surface area contributed by atoms with Gasteiger partial charge in [-0.05, 0) is 17.7 Å². The predicted molar refractivity (Wildman–Crippen MR) is 70.8 cm³/mol. The highest BCUT2D eigenvalue weighted by Gasteiger charge is 2.34. The fourth-order valence-electron chi connectivity index (χ4n) is 2.48. The average Bonchev–Trinajstić information content (AvgIpc) is 2.76. The van der Waals surface area contributed by atoms with E-state index in [0.29, 0.717) is 16.0 Å². The Morgan fingerprint density at radius 1 is 1.24 bits per heavy atom. The second kappa shape index (κ2) is 4.48. The standard InChI is InChI=1S/C12H13Cl2N3/c13-9-2-1-7(5-10(9)14)12-8-6-15-4-3-11(8)16-17-12/h1-2,5,8,12,15,17H,3-4,6H2. The van der Waals surface area contributed by atoms with Gasteiger partial charge in [0.15, 0.2) is 0 Å². The molecule has 1 aromatic carbocycles. The smallest absolute Gasteiger partial charge is 0.0783 e. The monoisotopic (exact) mass is 269 g/mol. The molecule has 2 unspecified atom stereocenters. The summed E-state index contributed by atoms with van der Waals surface area (Å²) in [6.07, 6.45) is 1.02. The van der Waals surface area contributed by atoms with Crippen molar-refractivity contribution < 1.29 is 0 Å². The molecule has 90 valence electrons. The third-order valence-corrected chi connectivity index (χ3v) is 4.14. The molecule has 2 heterocycles. The predicted octanol–water partition coefficient (Wildman–Crippen LogP) is 2.60. The molecule has 0 aliphatic carbocycles. The van der Waals surface area contributed by atoms with Crippen LogP contribution in [0.5, 0.6) is 0 Å². The number of halogens is 2. The van der Waals surface area contributed by atoms with Crippen LogP contribution in [0.15, 0.2) is 23.3 Å². The minimum absolute atomic E-state index is 0.215. The van der Waals surface area contributed by atoms with Crippen molar-refractivity contribution in [3.8, 4) is 0 Å². The number of hydrazone groups is 1. The topological polar surface area (TPSA) is 36.4 Å². The summed E-state index contributed by atoms with van der Waals surface area (Å²) >= 11 is 12.0. The van der Waals surface area contributed by atoms with E-state index in [2.05, 4.69) is 15.8 Å². The summed E-state index contributed by atoms with van der Waals surface area (Å²) in [6, 6.07) is 6.00. The lowest BCUT2D eigenvalue weighted by Crippen LogP contribution is -2.38. The summed E-state index contributed by atoms with van der Waals surface area (Å²) in [5, 5.41) is 9.01. The van der Waals surface area contributed by atoms with E-state index < -0.39 is 0 Å².